The van der Waals surface area contributed by atoms with Crippen LogP contribution in [0.2, 0.25) is 0 Å². The highest BCUT2D eigenvalue weighted by Gasteiger charge is 2.16. The van der Waals surface area contributed by atoms with Crippen LogP contribution in [0.4, 0.5) is 5.82 Å². The molecule has 1 N–H and O–H groups in total. The van der Waals surface area contributed by atoms with Crippen LogP contribution in [-0.2, 0) is 14.9 Å². The Balaban J connectivity index is 1.47. The third-order valence-corrected chi connectivity index (χ3v) is 4.87. The molecule has 1 aromatic carbocycles. The Bertz CT molecular complexity index is 1010. The van der Waals surface area contributed by atoms with Gasteiger partial charge in [-0.1, -0.05) is 63.3 Å². The first-order valence-corrected chi connectivity index (χ1v) is 9.79. The van der Waals surface area contributed by atoms with Crippen molar-refractivity contribution in [3.63, 3.8) is 0 Å². The van der Waals surface area contributed by atoms with E-state index in [0.29, 0.717) is 17.5 Å². The SMILES string of the molecule is CC(C)(C)c1ccc(-c2cc(NC3=COC=C(C4=CC=CCC4)O3)ncn2)cc1. The Morgan fingerprint density at radius 2 is 1.86 bits per heavy atom. The minimum absolute atomic E-state index is 0.122. The Morgan fingerprint density at radius 1 is 1.03 bits per heavy atom. The number of aromatic nitrogens is 2. The van der Waals surface area contributed by atoms with Gasteiger partial charge in [-0.05, 0) is 29.4 Å². The first-order valence-electron chi connectivity index (χ1n) is 9.79. The number of benzene rings is 1. The molecule has 5 nitrogen and oxygen atoms in total. The van der Waals surface area contributed by atoms with E-state index < -0.39 is 0 Å². The molecule has 1 aliphatic heterocycles. The van der Waals surface area contributed by atoms with E-state index >= 15 is 0 Å². The first kappa shape index (κ1) is 19.0. The van der Waals surface area contributed by atoms with Crippen LogP contribution in [0.15, 0.2) is 84.6 Å². The second kappa shape index (κ2) is 7.95. The molecule has 2 aromatic rings. The average molecular weight is 387 g/mol. The van der Waals surface area contributed by atoms with Crippen LogP contribution in [-0.4, -0.2) is 9.97 Å². The highest BCUT2D eigenvalue weighted by Crippen LogP contribution is 2.28. The largest absolute Gasteiger partial charge is 0.463 e. The molecule has 0 saturated heterocycles. The molecule has 29 heavy (non-hydrogen) atoms. The van der Waals surface area contributed by atoms with E-state index in [-0.39, 0.29) is 5.41 Å². The molecule has 0 amide bonds. The molecular formula is C24H25N3O2. The minimum Gasteiger partial charge on any atom is -0.463 e. The van der Waals surface area contributed by atoms with Gasteiger partial charge in [0.1, 0.15) is 18.4 Å². The lowest BCUT2D eigenvalue weighted by atomic mass is 9.86. The Hall–Kier alpha value is -3.34. The third kappa shape index (κ3) is 4.57. The van der Waals surface area contributed by atoms with Crippen LogP contribution in [0.25, 0.3) is 11.3 Å². The molecule has 0 saturated carbocycles. The first-order chi connectivity index (χ1) is 14.0. The molecule has 0 bridgehead atoms. The van der Waals surface area contributed by atoms with Gasteiger partial charge in [-0.15, -0.1) is 0 Å². The summed E-state index contributed by atoms with van der Waals surface area (Å²) in [6.45, 7) is 6.62. The summed E-state index contributed by atoms with van der Waals surface area (Å²) in [6, 6.07) is 10.4. The molecular weight excluding hydrogens is 362 g/mol. The molecule has 0 spiro atoms. The van der Waals surface area contributed by atoms with Crippen molar-refractivity contribution < 1.29 is 9.47 Å². The molecule has 2 aliphatic rings. The lowest BCUT2D eigenvalue weighted by molar-refractivity contribution is 0.233. The average Bonchev–Trinajstić information content (AvgIpc) is 2.74. The van der Waals surface area contributed by atoms with Gasteiger partial charge >= 0.3 is 0 Å². The number of anilines is 1. The summed E-state index contributed by atoms with van der Waals surface area (Å²) in [6.07, 6.45) is 12.9. The zero-order chi connectivity index (χ0) is 20.3. The van der Waals surface area contributed by atoms with Crippen LogP contribution in [0, 0.1) is 0 Å². The highest BCUT2D eigenvalue weighted by atomic mass is 16.6. The number of allylic oxidation sites excluding steroid dienone is 4. The minimum atomic E-state index is 0.122. The Morgan fingerprint density at radius 3 is 2.59 bits per heavy atom. The Kier molecular flexibility index (Phi) is 5.21. The van der Waals surface area contributed by atoms with Crippen molar-refractivity contribution in [3.8, 4) is 11.3 Å². The van der Waals surface area contributed by atoms with E-state index in [1.165, 1.54) is 11.8 Å². The van der Waals surface area contributed by atoms with Crippen molar-refractivity contribution in [1.29, 1.82) is 0 Å². The third-order valence-electron chi connectivity index (χ3n) is 4.87. The number of rotatable bonds is 4. The molecule has 5 heteroatoms. The molecule has 0 fully saturated rings. The van der Waals surface area contributed by atoms with E-state index in [0.717, 1.165) is 29.7 Å². The van der Waals surface area contributed by atoms with Crippen LogP contribution in [0.1, 0.15) is 39.2 Å². The fourth-order valence-corrected chi connectivity index (χ4v) is 3.18. The predicted molar refractivity (Wildman–Crippen MR) is 115 cm³/mol. The van der Waals surface area contributed by atoms with Gasteiger partial charge in [0.25, 0.3) is 0 Å². The maximum atomic E-state index is 5.95. The number of nitrogens with one attached hydrogen (secondary N) is 1. The maximum Gasteiger partial charge on any atom is 0.234 e. The van der Waals surface area contributed by atoms with E-state index in [2.05, 4.69) is 66.4 Å². The molecule has 148 valence electrons. The van der Waals surface area contributed by atoms with E-state index in [1.54, 1.807) is 12.6 Å². The molecule has 0 unspecified atom stereocenters. The van der Waals surface area contributed by atoms with Crippen molar-refractivity contribution in [1.82, 2.24) is 9.97 Å². The number of hydrogen-bond acceptors (Lipinski definition) is 5. The lowest BCUT2D eigenvalue weighted by Crippen LogP contribution is -2.11. The molecule has 0 radical (unpaired) electrons. The quantitative estimate of drug-likeness (QED) is 0.717. The second-order valence-electron chi connectivity index (χ2n) is 8.10. The van der Waals surface area contributed by atoms with Gasteiger partial charge < -0.3 is 14.8 Å². The van der Waals surface area contributed by atoms with Gasteiger partial charge in [-0.3, -0.25) is 0 Å². The summed E-state index contributed by atoms with van der Waals surface area (Å²) in [7, 11) is 0. The van der Waals surface area contributed by atoms with Crippen molar-refractivity contribution in [2.75, 3.05) is 5.32 Å². The van der Waals surface area contributed by atoms with Crippen LogP contribution in [0.3, 0.4) is 0 Å². The van der Waals surface area contributed by atoms with Gasteiger partial charge in [0.15, 0.2) is 12.0 Å². The van der Waals surface area contributed by atoms with Crippen molar-refractivity contribution >= 4 is 5.82 Å². The monoisotopic (exact) mass is 387 g/mol. The number of ether oxygens (including phenoxy) is 2. The van der Waals surface area contributed by atoms with Crippen molar-refractivity contribution in [3.05, 3.63) is 90.2 Å². The predicted octanol–water partition coefficient (Wildman–Crippen LogP) is 5.82. The van der Waals surface area contributed by atoms with Crippen LogP contribution < -0.4 is 5.32 Å². The standard InChI is InChI=1S/C24H25N3O2/c1-24(2,3)19-11-9-17(10-12-19)20-13-22(26-16-25-20)27-23-15-28-14-21(29-23)18-7-5-4-6-8-18/h4-5,7,9-16H,6,8H2,1-3H3,(H,25,26,27). The van der Waals surface area contributed by atoms with Gasteiger partial charge in [0.2, 0.25) is 5.88 Å². The molecule has 0 atom stereocenters. The Labute approximate surface area is 171 Å². The fraction of sp³-hybridized carbons (Fsp3) is 0.250. The number of hydrogen-bond donors (Lipinski definition) is 1. The lowest BCUT2D eigenvalue weighted by Gasteiger charge is -2.20. The summed E-state index contributed by atoms with van der Waals surface area (Å²) in [5.41, 5.74) is 4.41. The molecule has 4 rings (SSSR count). The number of nitrogens with zero attached hydrogens (tertiary/aromatic N) is 2. The summed E-state index contributed by atoms with van der Waals surface area (Å²) in [5.74, 6) is 1.85. The summed E-state index contributed by atoms with van der Waals surface area (Å²) in [4.78, 5) is 8.72. The zero-order valence-electron chi connectivity index (χ0n) is 17.0. The summed E-state index contributed by atoms with van der Waals surface area (Å²) in [5, 5.41) is 3.17. The fourth-order valence-electron chi connectivity index (χ4n) is 3.18. The zero-order valence-corrected chi connectivity index (χ0v) is 17.0. The van der Waals surface area contributed by atoms with E-state index in [4.69, 9.17) is 9.47 Å². The van der Waals surface area contributed by atoms with Crippen molar-refractivity contribution in [2.24, 2.45) is 0 Å². The normalized spacial score (nSPS) is 16.2. The highest BCUT2D eigenvalue weighted by molar-refractivity contribution is 5.63. The van der Waals surface area contributed by atoms with Crippen LogP contribution in [0.5, 0.6) is 0 Å². The van der Waals surface area contributed by atoms with Gasteiger partial charge in [-0.2, -0.15) is 0 Å². The molecule has 1 aromatic heterocycles. The van der Waals surface area contributed by atoms with Crippen molar-refractivity contribution in [2.45, 2.75) is 39.0 Å². The van der Waals surface area contributed by atoms with E-state index in [9.17, 15) is 0 Å². The van der Waals surface area contributed by atoms with Crippen LogP contribution >= 0.6 is 0 Å². The van der Waals surface area contributed by atoms with E-state index in [1.807, 2.05) is 18.2 Å². The maximum absolute atomic E-state index is 5.95. The van der Waals surface area contributed by atoms with Gasteiger partial charge in [-0.25, -0.2) is 9.97 Å². The van der Waals surface area contributed by atoms with Gasteiger partial charge in [0, 0.05) is 11.6 Å². The smallest absolute Gasteiger partial charge is 0.234 e. The molecule has 1 aliphatic carbocycles. The summed E-state index contributed by atoms with van der Waals surface area (Å²) < 4.78 is 11.4. The van der Waals surface area contributed by atoms with Gasteiger partial charge in [0.05, 0.1) is 5.69 Å². The topological polar surface area (TPSA) is 56.3 Å². The second-order valence-corrected chi connectivity index (χ2v) is 8.10. The molecule has 2 heterocycles. The summed E-state index contributed by atoms with van der Waals surface area (Å²) >= 11 is 0.